The first-order valence-corrected chi connectivity index (χ1v) is 6.47. The summed E-state index contributed by atoms with van der Waals surface area (Å²) in [4.78, 5) is 0. The lowest BCUT2D eigenvalue weighted by Crippen LogP contribution is -2.12. The summed E-state index contributed by atoms with van der Waals surface area (Å²) < 4.78 is 121. The van der Waals surface area contributed by atoms with Crippen molar-refractivity contribution in [3.8, 4) is 0 Å². The molecule has 0 radical (unpaired) electrons. The highest BCUT2D eigenvalue weighted by Crippen LogP contribution is 2.30. The lowest BCUT2D eigenvalue weighted by atomic mass is 9.99. The minimum atomic E-state index is -2.46. The first-order chi connectivity index (χ1) is 11.1. The summed E-state index contributed by atoms with van der Waals surface area (Å²) in [6, 6.07) is 0. The topological polar surface area (TPSA) is 0 Å². The lowest BCUT2D eigenvalue weighted by molar-refractivity contribution is 0.369. The summed E-state index contributed by atoms with van der Waals surface area (Å²) >= 11 is 0. The van der Waals surface area contributed by atoms with E-state index in [9.17, 15) is 39.5 Å². The molecule has 2 aromatic carbocycles. The Hall–Kier alpha value is -2.19. The second-order valence-electron chi connectivity index (χ2n) is 4.79. The van der Waals surface area contributed by atoms with Gasteiger partial charge in [-0.15, -0.1) is 0 Å². The zero-order valence-corrected chi connectivity index (χ0v) is 11.8. The molecule has 0 aliphatic carbocycles. The van der Waals surface area contributed by atoms with E-state index in [4.69, 9.17) is 0 Å². The first kappa shape index (κ1) is 18.2. The van der Waals surface area contributed by atoms with Crippen LogP contribution in [0.5, 0.6) is 0 Å². The molecule has 0 bridgehead atoms. The summed E-state index contributed by atoms with van der Waals surface area (Å²) in [6.07, 6.45) is -1.99. The third kappa shape index (κ3) is 2.61. The summed E-state index contributed by atoms with van der Waals surface area (Å²) in [5.41, 5.74) is -4.02. The minimum absolute atomic E-state index is 0.422. The number of rotatable bonds is 3. The van der Waals surface area contributed by atoms with E-state index in [0.717, 1.165) is 0 Å². The fourth-order valence-electron chi connectivity index (χ4n) is 2.17. The first-order valence-electron chi connectivity index (χ1n) is 6.47. The predicted octanol–water partition coefficient (Wildman–Crippen LogP) is 5.09. The highest BCUT2D eigenvalue weighted by atomic mass is 19.2. The van der Waals surface area contributed by atoms with Gasteiger partial charge in [0.2, 0.25) is 5.82 Å². The molecule has 0 atom stereocenters. The van der Waals surface area contributed by atoms with Crippen LogP contribution in [0.2, 0.25) is 0 Å². The molecular weight excluding hydrogens is 351 g/mol. The molecule has 0 saturated heterocycles. The highest BCUT2D eigenvalue weighted by Gasteiger charge is 2.30. The molecule has 24 heavy (non-hydrogen) atoms. The van der Waals surface area contributed by atoms with Crippen LogP contribution >= 0.6 is 0 Å². The maximum atomic E-state index is 13.8. The fraction of sp³-hybridized carbons (Fsp3) is 0.200. The molecule has 0 fully saturated rings. The van der Waals surface area contributed by atoms with Crippen molar-refractivity contribution in [2.24, 2.45) is 0 Å². The van der Waals surface area contributed by atoms with E-state index in [0.29, 0.717) is 0 Å². The van der Waals surface area contributed by atoms with Gasteiger partial charge in [0.1, 0.15) is 0 Å². The van der Waals surface area contributed by atoms with Gasteiger partial charge in [-0.25, -0.2) is 39.5 Å². The molecular formula is C15H7F9. The monoisotopic (exact) mass is 358 g/mol. The minimum Gasteiger partial charge on any atom is -0.203 e. The van der Waals surface area contributed by atoms with E-state index in [-0.39, 0.29) is 0 Å². The summed E-state index contributed by atoms with van der Waals surface area (Å²) in [5, 5.41) is 0. The Bertz CT molecular complexity index is 769. The van der Waals surface area contributed by atoms with Gasteiger partial charge in [-0.2, -0.15) is 0 Å². The van der Waals surface area contributed by atoms with Gasteiger partial charge in [-0.05, 0) is 6.42 Å². The normalized spacial score (nSPS) is 11.2. The van der Waals surface area contributed by atoms with Gasteiger partial charge < -0.3 is 0 Å². The zero-order valence-electron chi connectivity index (χ0n) is 11.8. The summed E-state index contributed by atoms with van der Waals surface area (Å²) in [6.45, 7) is 1.20. The molecule has 0 aromatic heterocycles. The Morgan fingerprint density at radius 2 is 0.667 bits per heavy atom. The van der Waals surface area contributed by atoms with Crippen LogP contribution in [0.1, 0.15) is 23.6 Å². The van der Waals surface area contributed by atoms with Crippen LogP contribution in [0.3, 0.4) is 0 Å². The molecule has 2 aromatic rings. The Kier molecular flexibility index (Phi) is 4.82. The van der Waals surface area contributed by atoms with E-state index < -0.39 is 81.9 Å². The summed E-state index contributed by atoms with van der Waals surface area (Å²) in [7, 11) is 0. The van der Waals surface area contributed by atoms with Crippen LogP contribution in [0, 0.1) is 52.4 Å². The molecule has 0 amide bonds. The van der Waals surface area contributed by atoms with Crippen LogP contribution in [-0.2, 0) is 12.8 Å². The number of hydrogen-bond donors (Lipinski definition) is 0. The molecule has 2 rings (SSSR count). The van der Waals surface area contributed by atoms with Gasteiger partial charge in [-0.3, -0.25) is 0 Å². The second-order valence-corrected chi connectivity index (χ2v) is 4.79. The maximum absolute atomic E-state index is 13.8. The molecule has 0 nitrogen and oxygen atoms in total. The predicted molar refractivity (Wildman–Crippen MR) is 64.7 cm³/mol. The van der Waals surface area contributed by atoms with Crippen molar-refractivity contribution in [3.05, 3.63) is 69.0 Å². The third-order valence-corrected chi connectivity index (χ3v) is 3.45. The number of hydrogen-bond acceptors (Lipinski definition) is 0. The SMILES string of the molecule is CCc1c(F)c(F)c(Cc2c(F)c(F)c(F)c(F)c2F)c(F)c1F. The van der Waals surface area contributed by atoms with Crippen molar-refractivity contribution in [3.63, 3.8) is 0 Å². The maximum Gasteiger partial charge on any atom is 0.200 e. The molecule has 0 heterocycles. The van der Waals surface area contributed by atoms with Crippen molar-refractivity contribution in [2.45, 2.75) is 19.8 Å². The van der Waals surface area contributed by atoms with E-state index in [1.165, 1.54) is 6.92 Å². The number of benzene rings is 2. The van der Waals surface area contributed by atoms with Crippen LogP contribution in [-0.4, -0.2) is 0 Å². The largest absolute Gasteiger partial charge is 0.203 e. The third-order valence-electron chi connectivity index (χ3n) is 3.45. The van der Waals surface area contributed by atoms with Crippen molar-refractivity contribution in [1.29, 1.82) is 0 Å². The fourth-order valence-corrected chi connectivity index (χ4v) is 2.17. The van der Waals surface area contributed by atoms with E-state index in [1.807, 2.05) is 0 Å². The average Bonchev–Trinajstić information content (AvgIpc) is 2.56. The average molecular weight is 358 g/mol. The molecule has 0 aliphatic rings. The van der Waals surface area contributed by atoms with Gasteiger partial charge in [0.25, 0.3) is 0 Å². The molecule has 0 N–H and O–H groups in total. The zero-order chi connectivity index (χ0) is 18.3. The van der Waals surface area contributed by atoms with Crippen molar-refractivity contribution in [1.82, 2.24) is 0 Å². The smallest absolute Gasteiger partial charge is 0.200 e. The molecule has 0 unspecified atom stereocenters. The van der Waals surface area contributed by atoms with Gasteiger partial charge in [0.15, 0.2) is 46.5 Å². The van der Waals surface area contributed by atoms with Crippen LogP contribution in [0.25, 0.3) is 0 Å². The molecule has 9 heteroatoms. The van der Waals surface area contributed by atoms with Gasteiger partial charge >= 0.3 is 0 Å². The molecule has 0 aliphatic heterocycles. The van der Waals surface area contributed by atoms with E-state index in [1.54, 1.807) is 0 Å². The van der Waals surface area contributed by atoms with Gasteiger partial charge in [-0.1, -0.05) is 6.92 Å². The Balaban J connectivity index is 2.71. The quantitative estimate of drug-likeness (QED) is 0.407. The number of halogens is 9. The standard InChI is InChI=1S/C15H7F9/c1-2-4-7(16)9(18)5(10(19)8(4)17)3-6-11(20)13(22)15(24)14(23)12(6)21/h2-3H2,1H3. The summed E-state index contributed by atoms with van der Waals surface area (Å²) in [5.74, 6) is -19.3. The molecule has 0 saturated carbocycles. The van der Waals surface area contributed by atoms with Crippen molar-refractivity contribution >= 4 is 0 Å². The van der Waals surface area contributed by atoms with Gasteiger partial charge in [0, 0.05) is 23.1 Å². The van der Waals surface area contributed by atoms with Gasteiger partial charge in [0.05, 0.1) is 0 Å². The lowest BCUT2D eigenvalue weighted by Gasteiger charge is -2.13. The van der Waals surface area contributed by atoms with E-state index in [2.05, 4.69) is 0 Å². The van der Waals surface area contributed by atoms with Crippen LogP contribution < -0.4 is 0 Å². The Labute approximate surface area is 129 Å². The Morgan fingerprint density at radius 1 is 0.417 bits per heavy atom. The van der Waals surface area contributed by atoms with Crippen LogP contribution in [0.4, 0.5) is 39.5 Å². The highest BCUT2D eigenvalue weighted by molar-refractivity contribution is 5.35. The van der Waals surface area contributed by atoms with E-state index >= 15 is 0 Å². The van der Waals surface area contributed by atoms with Crippen molar-refractivity contribution < 1.29 is 39.5 Å². The second kappa shape index (κ2) is 6.37. The van der Waals surface area contributed by atoms with Crippen LogP contribution in [0.15, 0.2) is 0 Å². The molecule has 130 valence electrons. The molecule has 0 spiro atoms. The Morgan fingerprint density at radius 3 is 1.00 bits per heavy atom. The van der Waals surface area contributed by atoms with Crippen molar-refractivity contribution in [2.75, 3.05) is 0 Å².